The third-order valence-corrected chi connectivity index (χ3v) is 5.88. The van der Waals surface area contributed by atoms with Gasteiger partial charge in [0.05, 0.1) is 24.2 Å². The average Bonchev–Trinajstić information content (AvgIpc) is 2.99. The van der Waals surface area contributed by atoms with Gasteiger partial charge < -0.3 is 9.88 Å². The van der Waals surface area contributed by atoms with Gasteiger partial charge in [0.1, 0.15) is 0 Å². The van der Waals surface area contributed by atoms with Crippen molar-refractivity contribution in [2.45, 2.75) is 65.0 Å². The third-order valence-electron chi connectivity index (χ3n) is 5.88. The maximum atomic E-state index is 13.2. The second-order valence-corrected chi connectivity index (χ2v) is 9.27. The summed E-state index contributed by atoms with van der Waals surface area (Å²) in [6.07, 6.45) is 4.81. The first-order chi connectivity index (χ1) is 13.8. The summed E-state index contributed by atoms with van der Waals surface area (Å²) in [6.45, 7) is 10.4. The van der Waals surface area contributed by atoms with Crippen LogP contribution < -0.4 is 10.5 Å². The minimum Gasteiger partial charge on any atom is -0.322 e. The van der Waals surface area contributed by atoms with Crippen LogP contribution in [-0.4, -0.2) is 38.3 Å². The van der Waals surface area contributed by atoms with E-state index in [0.717, 1.165) is 53.8 Å². The molecule has 2 N–H and O–H groups in total. The lowest BCUT2D eigenvalue weighted by Gasteiger charge is -2.29. The highest BCUT2D eigenvalue weighted by atomic mass is 16.1. The molecule has 1 aromatic carbocycles. The zero-order valence-electron chi connectivity index (χ0n) is 17.8. The van der Waals surface area contributed by atoms with Crippen molar-refractivity contribution in [3.8, 4) is 0 Å². The first-order valence-corrected chi connectivity index (χ1v) is 10.6. The highest BCUT2D eigenvalue weighted by Gasteiger charge is 2.36. The summed E-state index contributed by atoms with van der Waals surface area (Å²) in [6, 6.07) is 8.03. The summed E-state index contributed by atoms with van der Waals surface area (Å²) in [5, 5.41) is 13.7. The fourth-order valence-electron chi connectivity index (χ4n) is 4.41. The molecule has 4 rings (SSSR count). The van der Waals surface area contributed by atoms with Crippen LogP contribution in [0.25, 0.3) is 10.9 Å². The molecule has 1 aliphatic heterocycles. The Labute approximate surface area is 171 Å². The predicted octanol–water partition coefficient (Wildman–Crippen LogP) is 2.13. The molecule has 0 saturated carbocycles. The van der Waals surface area contributed by atoms with Crippen molar-refractivity contribution in [3.05, 3.63) is 51.6 Å². The van der Waals surface area contributed by atoms with Crippen LogP contribution in [0.5, 0.6) is 0 Å². The molecule has 29 heavy (non-hydrogen) atoms. The van der Waals surface area contributed by atoms with Crippen molar-refractivity contribution < 1.29 is 4.90 Å². The number of fused-ring (bicyclic) bond motifs is 1. The van der Waals surface area contributed by atoms with E-state index in [4.69, 9.17) is 0 Å². The first-order valence-electron chi connectivity index (χ1n) is 10.6. The molecule has 0 spiro atoms. The van der Waals surface area contributed by atoms with Gasteiger partial charge in [-0.3, -0.25) is 4.79 Å². The van der Waals surface area contributed by atoms with E-state index in [9.17, 15) is 4.79 Å². The van der Waals surface area contributed by atoms with Crippen molar-refractivity contribution in [1.29, 1.82) is 0 Å². The highest BCUT2D eigenvalue weighted by Crippen LogP contribution is 2.23. The quantitative estimate of drug-likeness (QED) is 0.712. The Morgan fingerprint density at radius 2 is 1.83 bits per heavy atom. The molecule has 0 amide bonds. The molecule has 3 heterocycles. The fourth-order valence-corrected chi connectivity index (χ4v) is 4.41. The van der Waals surface area contributed by atoms with E-state index in [1.807, 2.05) is 23.7 Å². The van der Waals surface area contributed by atoms with Gasteiger partial charge in [-0.25, -0.2) is 4.68 Å². The van der Waals surface area contributed by atoms with Gasteiger partial charge in [0.15, 0.2) is 6.04 Å². The van der Waals surface area contributed by atoms with Crippen LogP contribution in [0.3, 0.4) is 0 Å². The van der Waals surface area contributed by atoms with Gasteiger partial charge in [-0.1, -0.05) is 12.1 Å². The average molecular weight is 396 g/mol. The summed E-state index contributed by atoms with van der Waals surface area (Å²) in [5.41, 5.74) is 2.45. The lowest BCUT2D eigenvalue weighted by molar-refractivity contribution is -0.925. The number of aromatic amines is 1. The molecule has 1 saturated heterocycles. The van der Waals surface area contributed by atoms with E-state index in [0.29, 0.717) is 0 Å². The van der Waals surface area contributed by atoms with Crippen molar-refractivity contribution in [3.63, 3.8) is 0 Å². The van der Waals surface area contributed by atoms with Crippen LogP contribution in [0, 0.1) is 6.92 Å². The molecule has 0 bridgehead atoms. The molecule has 7 heteroatoms. The van der Waals surface area contributed by atoms with E-state index in [1.165, 1.54) is 17.7 Å². The van der Waals surface area contributed by atoms with Crippen LogP contribution in [0.1, 0.15) is 69.4 Å². The molecule has 154 valence electrons. The lowest BCUT2D eigenvalue weighted by Crippen LogP contribution is -3.12. The number of nitrogens with one attached hydrogen (secondary N) is 2. The fraction of sp³-hybridized carbons (Fsp3) is 0.545. The predicted molar refractivity (Wildman–Crippen MR) is 113 cm³/mol. The van der Waals surface area contributed by atoms with Crippen LogP contribution in [-0.2, 0) is 5.54 Å². The van der Waals surface area contributed by atoms with Crippen molar-refractivity contribution >= 4 is 10.9 Å². The van der Waals surface area contributed by atoms with Crippen molar-refractivity contribution in [2.75, 3.05) is 13.1 Å². The third kappa shape index (κ3) is 3.96. The van der Waals surface area contributed by atoms with E-state index in [2.05, 4.69) is 53.4 Å². The monoisotopic (exact) mass is 395 g/mol. The molecule has 3 aromatic rings. The van der Waals surface area contributed by atoms with Gasteiger partial charge in [0.2, 0.25) is 5.82 Å². The molecule has 0 unspecified atom stereocenters. The number of rotatable bonds is 3. The van der Waals surface area contributed by atoms with Crippen LogP contribution in [0.4, 0.5) is 0 Å². The number of likely N-dealkylation sites (tertiary alicyclic amines) is 1. The zero-order chi connectivity index (χ0) is 20.6. The summed E-state index contributed by atoms with van der Waals surface area (Å²) < 4.78 is 1.88. The Hall–Kier alpha value is -2.54. The van der Waals surface area contributed by atoms with Gasteiger partial charge in [-0.2, -0.15) is 0 Å². The second kappa shape index (κ2) is 7.71. The lowest BCUT2D eigenvalue weighted by atomic mass is 10.0. The number of nitrogens with zero attached hydrogens (tertiary/aromatic N) is 4. The minimum atomic E-state index is -0.261. The van der Waals surface area contributed by atoms with E-state index in [-0.39, 0.29) is 17.1 Å². The number of H-pyrrole nitrogens is 1. The summed E-state index contributed by atoms with van der Waals surface area (Å²) in [5.74, 6) is 0.770. The van der Waals surface area contributed by atoms with Gasteiger partial charge in [0.25, 0.3) is 5.56 Å². The largest absolute Gasteiger partial charge is 0.322 e. The number of aromatic nitrogens is 5. The number of aryl methyl sites for hydroxylation is 1. The molecule has 1 atom stereocenters. The van der Waals surface area contributed by atoms with Crippen LogP contribution >= 0.6 is 0 Å². The summed E-state index contributed by atoms with van der Waals surface area (Å²) >= 11 is 0. The van der Waals surface area contributed by atoms with E-state index < -0.39 is 0 Å². The maximum Gasteiger partial charge on any atom is 0.258 e. The van der Waals surface area contributed by atoms with Crippen molar-refractivity contribution in [1.82, 2.24) is 25.2 Å². The number of pyridine rings is 1. The number of hydrogen-bond acceptors (Lipinski definition) is 4. The zero-order valence-corrected chi connectivity index (χ0v) is 17.8. The van der Waals surface area contributed by atoms with Crippen LogP contribution in [0.2, 0.25) is 0 Å². The molecule has 1 aliphatic rings. The van der Waals surface area contributed by atoms with E-state index >= 15 is 0 Å². The Morgan fingerprint density at radius 1 is 1.10 bits per heavy atom. The van der Waals surface area contributed by atoms with Crippen molar-refractivity contribution in [2.24, 2.45) is 0 Å². The van der Waals surface area contributed by atoms with Gasteiger partial charge in [0, 0.05) is 5.52 Å². The molecule has 0 radical (unpaired) electrons. The molecular formula is C22H31N6O+. The molecular weight excluding hydrogens is 364 g/mol. The number of quaternary nitrogens is 1. The first kappa shape index (κ1) is 19.8. The number of benzene rings is 1. The van der Waals surface area contributed by atoms with Crippen LogP contribution in [0.15, 0.2) is 29.1 Å². The highest BCUT2D eigenvalue weighted by molar-refractivity contribution is 5.79. The molecule has 2 aromatic heterocycles. The molecule has 7 nitrogen and oxygen atoms in total. The second-order valence-electron chi connectivity index (χ2n) is 9.27. The topological polar surface area (TPSA) is 80.9 Å². The standard InChI is InChI=1S/C22H30N6O/c1-15-9-10-16-14-17(21(29)23-18(16)13-15)19(27-11-7-5-6-8-12-27)20-24-25-26-28(20)22(2,3)4/h9-10,13-14,19H,5-8,11-12H2,1-4H3,(H,23,29)/p+1/t19-/m1/s1. The van der Waals surface area contributed by atoms with Gasteiger partial charge in [-0.15, -0.1) is 5.10 Å². The Morgan fingerprint density at radius 3 is 2.52 bits per heavy atom. The Balaban J connectivity index is 1.90. The van der Waals surface area contributed by atoms with E-state index in [1.54, 1.807) is 0 Å². The smallest absolute Gasteiger partial charge is 0.258 e. The minimum absolute atomic E-state index is 0.0479. The number of hydrogen-bond donors (Lipinski definition) is 2. The molecule has 1 fully saturated rings. The Bertz CT molecular complexity index is 1050. The van der Waals surface area contributed by atoms with Gasteiger partial charge >= 0.3 is 0 Å². The maximum absolute atomic E-state index is 13.2. The molecule has 0 aliphatic carbocycles. The SMILES string of the molecule is Cc1ccc2cc([C@H](c3nnnn3C(C)(C)C)[NH+]3CCCCCC3)c(=O)[nH]c2c1. The normalized spacial score (nSPS) is 17.4. The Kier molecular flexibility index (Phi) is 5.25. The summed E-state index contributed by atoms with van der Waals surface area (Å²) in [7, 11) is 0. The number of tetrazole rings is 1. The summed E-state index contributed by atoms with van der Waals surface area (Å²) in [4.78, 5) is 17.7. The van der Waals surface area contributed by atoms with Gasteiger partial charge in [-0.05, 0) is 86.9 Å².